The van der Waals surface area contributed by atoms with Gasteiger partial charge in [-0.3, -0.25) is 25.0 Å². The maximum Gasteiger partial charge on any atom is 0.277 e. The minimum atomic E-state index is -2.03. The molecule has 13 heteroatoms. The van der Waals surface area contributed by atoms with Gasteiger partial charge in [-0.15, -0.1) is 0 Å². The van der Waals surface area contributed by atoms with Crippen LogP contribution in [-0.2, 0) is 0 Å². The summed E-state index contributed by atoms with van der Waals surface area (Å²) in [4.78, 5) is 32.8. The van der Waals surface area contributed by atoms with Crippen molar-refractivity contribution < 1.29 is 19.4 Å². The number of nitrogens with zero attached hydrogens (tertiary/aromatic N) is 2. The van der Waals surface area contributed by atoms with Gasteiger partial charge < -0.3 is 15.4 Å². The molecular formula is C16H13Cl3N4O6. The largest absolute Gasteiger partial charge is 0.497 e. The molecule has 0 aliphatic heterocycles. The number of carbonyl (C=O) groups is 1. The van der Waals surface area contributed by atoms with Crippen LogP contribution in [-0.4, -0.2) is 32.8 Å². The average molecular weight is 464 g/mol. The lowest BCUT2D eigenvalue weighted by Crippen LogP contribution is -2.49. The SMILES string of the molecule is COc1ccc(NC(NC(=O)c2cc([N+](=O)[O-])cc([N+](=O)[O-])c2)C(Cl)(Cl)Cl)cc1. The fraction of sp³-hybridized carbons (Fsp3) is 0.188. The summed E-state index contributed by atoms with van der Waals surface area (Å²) in [6.45, 7) is 0. The van der Waals surface area contributed by atoms with E-state index in [1.807, 2.05) is 0 Å². The van der Waals surface area contributed by atoms with E-state index in [9.17, 15) is 25.0 Å². The summed E-state index contributed by atoms with van der Waals surface area (Å²) >= 11 is 17.7. The van der Waals surface area contributed by atoms with Crippen LogP contribution in [0.1, 0.15) is 10.4 Å². The zero-order valence-electron chi connectivity index (χ0n) is 14.6. The smallest absolute Gasteiger partial charge is 0.277 e. The first-order chi connectivity index (χ1) is 13.5. The lowest BCUT2D eigenvalue weighted by Gasteiger charge is -2.27. The number of methoxy groups -OCH3 is 1. The molecule has 29 heavy (non-hydrogen) atoms. The Balaban J connectivity index is 2.30. The third-order valence-corrected chi connectivity index (χ3v) is 4.24. The van der Waals surface area contributed by atoms with Crippen molar-refractivity contribution in [3.8, 4) is 5.75 Å². The van der Waals surface area contributed by atoms with E-state index in [1.165, 1.54) is 7.11 Å². The average Bonchev–Trinajstić information content (AvgIpc) is 2.66. The molecule has 0 bridgehead atoms. The molecule has 0 fully saturated rings. The number of ether oxygens (including phenoxy) is 1. The number of hydrogen-bond donors (Lipinski definition) is 2. The Kier molecular flexibility index (Phi) is 7.07. The van der Waals surface area contributed by atoms with Crippen LogP contribution in [0.5, 0.6) is 5.75 Å². The standard InChI is InChI=1S/C16H13Cl3N4O6/c1-29-13-4-2-10(3-5-13)20-15(16(17,18)19)21-14(24)9-6-11(22(25)26)8-12(7-9)23(27)28/h2-8,15,20H,1H3,(H,21,24). The molecule has 1 amide bonds. The Hall–Kier alpha value is -2.82. The predicted octanol–water partition coefficient (Wildman–Crippen LogP) is 4.05. The first kappa shape index (κ1) is 22.5. The number of nitro benzene ring substituents is 2. The van der Waals surface area contributed by atoms with E-state index >= 15 is 0 Å². The van der Waals surface area contributed by atoms with Crippen LogP contribution >= 0.6 is 34.8 Å². The number of benzene rings is 2. The Morgan fingerprint density at radius 2 is 1.55 bits per heavy atom. The summed E-state index contributed by atoms with van der Waals surface area (Å²) in [6.07, 6.45) is -1.27. The minimum Gasteiger partial charge on any atom is -0.497 e. The van der Waals surface area contributed by atoms with Crippen molar-refractivity contribution in [2.24, 2.45) is 0 Å². The molecule has 154 valence electrons. The van der Waals surface area contributed by atoms with E-state index in [0.29, 0.717) is 11.4 Å². The zero-order valence-corrected chi connectivity index (χ0v) is 16.9. The zero-order chi connectivity index (χ0) is 21.8. The van der Waals surface area contributed by atoms with Gasteiger partial charge in [0.25, 0.3) is 17.3 Å². The number of alkyl halides is 3. The van der Waals surface area contributed by atoms with Gasteiger partial charge in [0, 0.05) is 17.8 Å². The van der Waals surface area contributed by atoms with E-state index in [-0.39, 0.29) is 5.56 Å². The number of non-ortho nitro benzene ring substituents is 2. The molecular weight excluding hydrogens is 451 g/mol. The van der Waals surface area contributed by atoms with Crippen molar-refractivity contribution in [2.45, 2.75) is 9.96 Å². The number of hydrogen-bond acceptors (Lipinski definition) is 7. The highest BCUT2D eigenvalue weighted by atomic mass is 35.6. The molecule has 10 nitrogen and oxygen atoms in total. The molecule has 1 atom stereocenters. The molecule has 0 saturated heterocycles. The van der Waals surface area contributed by atoms with Gasteiger partial charge in [0.05, 0.1) is 28.6 Å². The number of carbonyl (C=O) groups excluding carboxylic acids is 1. The topological polar surface area (TPSA) is 137 Å². The maximum atomic E-state index is 12.5. The Morgan fingerprint density at radius 3 is 1.97 bits per heavy atom. The normalized spacial score (nSPS) is 12.0. The summed E-state index contributed by atoms with van der Waals surface area (Å²) in [7, 11) is 1.49. The number of nitro groups is 2. The predicted molar refractivity (Wildman–Crippen MR) is 108 cm³/mol. The van der Waals surface area contributed by atoms with Crippen LogP contribution in [0.15, 0.2) is 42.5 Å². The second-order valence-electron chi connectivity index (χ2n) is 5.57. The number of halogens is 3. The number of anilines is 1. The molecule has 0 aromatic heterocycles. The van der Waals surface area contributed by atoms with E-state index in [4.69, 9.17) is 39.5 Å². The monoisotopic (exact) mass is 462 g/mol. The molecule has 1 unspecified atom stereocenters. The van der Waals surface area contributed by atoms with Gasteiger partial charge in [-0.1, -0.05) is 34.8 Å². The third kappa shape index (κ3) is 6.08. The summed E-state index contributed by atoms with van der Waals surface area (Å²) in [6, 6.07) is 8.96. The first-order valence-corrected chi connectivity index (χ1v) is 8.86. The van der Waals surface area contributed by atoms with Gasteiger partial charge in [-0.05, 0) is 24.3 Å². The van der Waals surface area contributed by atoms with E-state index in [0.717, 1.165) is 18.2 Å². The molecule has 2 rings (SSSR count). The Bertz CT molecular complexity index is 901. The van der Waals surface area contributed by atoms with Crippen molar-refractivity contribution in [3.63, 3.8) is 0 Å². The van der Waals surface area contributed by atoms with Gasteiger partial charge in [0.2, 0.25) is 3.79 Å². The quantitative estimate of drug-likeness (QED) is 0.273. The van der Waals surface area contributed by atoms with Gasteiger partial charge >= 0.3 is 0 Å². The van der Waals surface area contributed by atoms with Gasteiger partial charge in [0.15, 0.2) is 0 Å². The summed E-state index contributed by atoms with van der Waals surface area (Å²) in [5, 5.41) is 27.1. The molecule has 0 radical (unpaired) electrons. The van der Waals surface area contributed by atoms with Crippen LogP contribution in [0.4, 0.5) is 17.1 Å². The molecule has 2 aromatic carbocycles. The highest BCUT2D eigenvalue weighted by Gasteiger charge is 2.35. The molecule has 0 heterocycles. The second-order valence-corrected chi connectivity index (χ2v) is 7.94. The van der Waals surface area contributed by atoms with Crippen LogP contribution in [0.3, 0.4) is 0 Å². The third-order valence-electron chi connectivity index (χ3n) is 3.59. The Morgan fingerprint density at radius 1 is 1.03 bits per heavy atom. The molecule has 0 saturated carbocycles. The highest BCUT2D eigenvalue weighted by molar-refractivity contribution is 6.68. The maximum absolute atomic E-state index is 12.5. The highest BCUT2D eigenvalue weighted by Crippen LogP contribution is 2.32. The van der Waals surface area contributed by atoms with Crippen LogP contribution in [0.2, 0.25) is 0 Å². The van der Waals surface area contributed by atoms with Crippen molar-refractivity contribution in [3.05, 3.63) is 68.3 Å². The molecule has 0 spiro atoms. The number of rotatable bonds is 7. The van der Waals surface area contributed by atoms with Gasteiger partial charge in [-0.2, -0.15) is 0 Å². The van der Waals surface area contributed by atoms with E-state index < -0.39 is 37.1 Å². The summed E-state index contributed by atoms with van der Waals surface area (Å²) in [5.74, 6) is -0.344. The molecule has 0 aliphatic rings. The second kappa shape index (κ2) is 9.12. The van der Waals surface area contributed by atoms with E-state index in [2.05, 4.69) is 10.6 Å². The minimum absolute atomic E-state index is 0.346. The number of nitrogens with one attached hydrogen (secondary N) is 2. The molecule has 2 aromatic rings. The molecule has 0 aliphatic carbocycles. The fourth-order valence-electron chi connectivity index (χ4n) is 2.21. The van der Waals surface area contributed by atoms with Gasteiger partial charge in [-0.25, -0.2) is 0 Å². The fourth-order valence-corrected chi connectivity index (χ4v) is 2.53. The lowest BCUT2D eigenvalue weighted by atomic mass is 10.1. The van der Waals surface area contributed by atoms with Crippen molar-refractivity contribution in [1.82, 2.24) is 5.32 Å². The Labute approximate surface area is 179 Å². The summed E-state index contributed by atoms with van der Waals surface area (Å²) < 4.78 is 3.01. The van der Waals surface area contributed by atoms with Crippen LogP contribution in [0.25, 0.3) is 0 Å². The van der Waals surface area contributed by atoms with Crippen molar-refractivity contribution in [1.29, 1.82) is 0 Å². The van der Waals surface area contributed by atoms with Crippen LogP contribution in [0, 0.1) is 20.2 Å². The summed E-state index contributed by atoms with van der Waals surface area (Å²) in [5.41, 5.74) is -1.13. The van der Waals surface area contributed by atoms with Crippen LogP contribution < -0.4 is 15.4 Å². The van der Waals surface area contributed by atoms with Crippen molar-refractivity contribution in [2.75, 3.05) is 12.4 Å². The van der Waals surface area contributed by atoms with Gasteiger partial charge in [0.1, 0.15) is 11.9 Å². The molecule has 2 N–H and O–H groups in total. The lowest BCUT2D eigenvalue weighted by molar-refractivity contribution is -0.394. The van der Waals surface area contributed by atoms with E-state index in [1.54, 1.807) is 24.3 Å². The number of amides is 1. The first-order valence-electron chi connectivity index (χ1n) is 7.73. The van der Waals surface area contributed by atoms with Crippen molar-refractivity contribution >= 4 is 57.8 Å².